The maximum atomic E-state index is 12.7. The Balaban J connectivity index is 1.99. The molecule has 0 amide bonds. The Morgan fingerprint density at radius 1 is 0.857 bits per heavy atom. The van der Waals surface area contributed by atoms with E-state index in [1.807, 2.05) is 13.8 Å². The van der Waals surface area contributed by atoms with E-state index in [1.165, 1.54) is 14.0 Å². The van der Waals surface area contributed by atoms with Gasteiger partial charge in [-0.3, -0.25) is 4.79 Å². The monoisotopic (exact) mass is 712 g/mol. The number of carbonyl (C=O) groups is 2. The summed E-state index contributed by atoms with van der Waals surface area (Å²) in [4.78, 5) is 24.7. The Morgan fingerprint density at radius 3 is 1.94 bits per heavy atom. The highest BCUT2D eigenvalue weighted by atomic mass is 28.4. The maximum Gasteiger partial charge on any atom is 0.338 e. The smallest absolute Gasteiger partial charge is 0.338 e. The zero-order valence-corrected chi connectivity index (χ0v) is 32.5. The molecule has 0 spiro atoms. The van der Waals surface area contributed by atoms with E-state index in [0.29, 0.717) is 53.8 Å². The molecule has 12 heteroatoms. The fourth-order valence-electron chi connectivity index (χ4n) is 7.56. The molecule has 1 heterocycles. The number of benzene rings is 1. The number of methoxy groups -OCH3 is 1. The molecule has 2 rings (SSSR count). The van der Waals surface area contributed by atoms with Crippen molar-refractivity contribution in [3.63, 3.8) is 0 Å². The van der Waals surface area contributed by atoms with Gasteiger partial charge in [0.2, 0.25) is 0 Å². The summed E-state index contributed by atoms with van der Waals surface area (Å²) in [6.45, 7) is 18.8. The van der Waals surface area contributed by atoms with Gasteiger partial charge in [0.05, 0.1) is 37.1 Å². The summed E-state index contributed by atoms with van der Waals surface area (Å²) in [6, 6.07) is 6.47. The number of aliphatic hydroxyl groups is 3. The molecule has 0 bridgehead atoms. The second kappa shape index (κ2) is 20.1. The van der Waals surface area contributed by atoms with Crippen molar-refractivity contribution in [1.29, 1.82) is 0 Å². The van der Waals surface area contributed by atoms with Crippen molar-refractivity contribution >= 4 is 20.3 Å². The molecule has 49 heavy (non-hydrogen) atoms. The second-order valence-corrected chi connectivity index (χ2v) is 20.3. The lowest BCUT2D eigenvalue weighted by Gasteiger charge is -2.43. The van der Waals surface area contributed by atoms with Crippen LogP contribution in [0.5, 0.6) is 5.75 Å². The minimum atomic E-state index is -2.08. The third kappa shape index (κ3) is 13.9. The van der Waals surface area contributed by atoms with Gasteiger partial charge in [-0.25, -0.2) is 4.79 Å². The van der Waals surface area contributed by atoms with E-state index in [0.717, 1.165) is 0 Å². The molecule has 3 N–H and O–H groups in total. The Hall–Kier alpha value is -2.06. The molecule has 1 aromatic rings. The molecule has 1 aliphatic rings. The first-order valence-electron chi connectivity index (χ1n) is 17.9. The Bertz CT molecular complexity index is 1100. The molecular weight excluding hydrogens is 648 g/mol. The number of hydrogen-bond acceptors (Lipinski definition) is 11. The van der Waals surface area contributed by atoms with Crippen molar-refractivity contribution in [3.05, 3.63) is 29.8 Å². The highest BCUT2D eigenvalue weighted by molar-refractivity contribution is 6.77. The maximum absolute atomic E-state index is 12.7. The molecule has 0 saturated carbocycles. The standard InChI is InChI=1S/C37H64O11Si/c1-24(2)49(25(3)4,26(5)6)44-18-16-33(45-27(7)39)22-35-23-34(47-37(8,9)48-35)21-30(41)19-29(40)20-32(15-17-38)46-36(42)28-11-13-31(43-10)14-12-28/h11-14,24-26,29-30,32-35,38,40-41H,15-23H2,1-10H3/t29-,30-,32-,33-,34-,35+/m1/s1. The van der Waals surface area contributed by atoms with Crippen LogP contribution in [-0.4, -0.2) is 98.3 Å². The lowest BCUT2D eigenvalue weighted by molar-refractivity contribution is -0.305. The third-order valence-corrected chi connectivity index (χ3v) is 15.6. The third-order valence-electron chi connectivity index (χ3n) is 9.45. The summed E-state index contributed by atoms with van der Waals surface area (Å²) in [6.07, 6.45) is -1.67. The SMILES string of the molecule is COc1ccc(C(=O)O[C@H](CCO)C[C@H](O)C[C@@H](O)C[C@@H]2C[C@H](C[C@@H](CCO[Si](C(C)C)(C(C)C)C(C)C)OC(C)=O)OC(C)(C)O2)cc1. The van der Waals surface area contributed by atoms with E-state index >= 15 is 0 Å². The quantitative estimate of drug-likeness (QED) is 0.0972. The number of rotatable bonds is 21. The normalized spacial score (nSPS) is 20.6. The Labute approximate surface area is 295 Å². The van der Waals surface area contributed by atoms with Crippen LogP contribution in [0.2, 0.25) is 16.6 Å². The Kier molecular flexibility index (Phi) is 17.7. The predicted molar refractivity (Wildman–Crippen MR) is 190 cm³/mol. The van der Waals surface area contributed by atoms with E-state index in [4.69, 9.17) is 28.1 Å². The van der Waals surface area contributed by atoms with Gasteiger partial charge in [-0.05, 0) is 67.6 Å². The first-order valence-corrected chi connectivity index (χ1v) is 20.0. The van der Waals surface area contributed by atoms with Gasteiger partial charge < -0.3 is 43.4 Å². The molecule has 282 valence electrons. The van der Waals surface area contributed by atoms with Crippen molar-refractivity contribution < 1.29 is 53.0 Å². The van der Waals surface area contributed by atoms with Crippen LogP contribution in [0.4, 0.5) is 0 Å². The van der Waals surface area contributed by atoms with Crippen LogP contribution in [0, 0.1) is 0 Å². The molecule has 1 fully saturated rings. The molecular formula is C37H64O11Si. The number of hydrogen-bond donors (Lipinski definition) is 3. The van der Waals surface area contributed by atoms with Crippen molar-refractivity contribution in [3.8, 4) is 5.75 Å². The highest BCUT2D eigenvalue weighted by Gasteiger charge is 2.45. The van der Waals surface area contributed by atoms with E-state index in [-0.39, 0.29) is 50.5 Å². The van der Waals surface area contributed by atoms with Crippen LogP contribution in [-0.2, 0) is 28.2 Å². The fourth-order valence-corrected chi connectivity index (χ4v) is 13.0. The van der Waals surface area contributed by atoms with Crippen LogP contribution in [0.3, 0.4) is 0 Å². The van der Waals surface area contributed by atoms with E-state index in [2.05, 4.69) is 41.5 Å². The molecule has 6 atom stereocenters. The van der Waals surface area contributed by atoms with Crippen LogP contribution in [0.25, 0.3) is 0 Å². The van der Waals surface area contributed by atoms with Crippen LogP contribution < -0.4 is 4.74 Å². The van der Waals surface area contributed by atoms with Gasteiger partial charge in [-0.2, -0.15) is 0 Å². The first-order chi connectivity index (χ1) is 22.9. The average Bonchev–Trinajstić information content (AvgIpc) is 2.97. The van der Waals surface area contributed by atoms with Crippen LogP contribution >= 0.6 is 0 Å². The number of esters is 2. The summed E-state index contributed by atoms with van der Waals surface area (Å²) >= 11 is 0. The van der Waals surface area contributed by atoms with E-state index < -0.39 is 44.5 Å². The minimum absolute atomic E-state index is 0.0361. The summed E-state index contributed by atoms with van der Waals surface area (Å²) in [5, 5.41) is 31.3. The zero-order valence-electron chi connectivity index (χ0n) is 31.5. The molecule has 1 saturated heterocycles. The highest BCUT2D eigenvalue weighted by Crippen LogP contribution is 2.42. The van der Waals surface area contributed by atoms with E-state index in [9.17, 15) is 24.9 Å². The molecule has 1 aliphatic heterocycles. The number of ether oxygens (including phenoxy) is 5. The minimum Gasteiger partial charge on any atom is -0.497 e. The second-order valence-electron chi connectivity index (χ2n) is 14.8. The number of carbonyl (C=O) groups excluding carboxylic acids is 2. The van der Waals surface area contributed by atoms with Crippen molar-refractivity contribution in [2.24, 2.45) is 0 Å². The van der Waals surface area contributed by atoms with Crippen molar-refractivity contribution in [2.45, 2.75) is 166 Å². The summed E-state index contributed by atoms with van der Waals surface area (Å²) in [7, 11) is -0.543. The van der Waals surface area contributed by atoms with Gasteiger partial charge in [-0.15, -0.1) is 0 Å². The van der Waals surface area contributed by atoms with Gasteiger partial charge in [0, 0.05) is 52.2 Å². The predicted octanol–water partition coefficient (Wildman–Crippen LogP) is 6.31. The van der Waals surface area contributed by atoms with Crippen LogP contribution in [0.1, 0.15) is 118 Å². The topological polar surface area (TPSA) is 150 Å². The molecule has 11 nitrogen and oxygen atoms in total. The first kappa shape index (κ1) is 43.1. The zero-order chi connectivity index (χ0) is 36.9. The molecule has 1 aromatic carbocycles. The summed E-state index contributed by atoms with van der Waals surface area (Å²) in [5.74, 6) is -1.25. The Morgan fingerprint density at radius 2 is 1.43 bits per heavy atom. The van der Waals surface area contributed by atoms with Crippen molar-refractivity contribution in [2.75, 3.05) is 20.3 Å². The van der Waals surface area contributed by atoms with Gasteiger partial charge in [0.15, 0.2) is 14.1 Å². The van der Waals surface area contributed by atoms with E-state index in [1.54, 1.807) is 24.3 Å². The van der Waals surface area contributed by atoms with Gasteiger partial charge >= 0.3 is 11.9 Å². The molecule has 0 aliphatic carbocycles. The summed E-state index contributed by atoms with van der Waals surface area (Å²) in [5.41, 5.74) is 1.66. The van der Waals surface area contributed by atoms with Crippen LogP contribution in [0.15, 0.2) is 24.3 Å². The largest absolute Gasteiger partial charge is 0.497 e. The average molecular weight is 713 g/mol. The van der Waals surface area contributed by atoms with Crippen molar-refractivity contribution in [1.82, 2.24) is 0 Å². The molecule has 0 radical (unpaired) electrons. The van der Waals surface area contributed by atoms with Gasteiger partial charge in [0.25, 0.3) is 0 Å². The lowest BCUT2D eigenvalue weighted by Crippen LogP contribution is -2.48. The summed E-state index contributed by atoms with van der Waals surface area (Å²) < 4.78 is 35.6. The van der Waals surface area contributed by atoms with Gasteiger partial charge in [0.1, 0.15) is 18.0 Å². The molecule has 0 aromatic heterocycles. The van der Waals surface area contributed by atoms with Gasteiger partial charge in [-0.1, -0.05) is 41.5 Å². The number of aliphatic hydroxyl groups excluding tert-OH is 3. The lowest BCUT2D eigenvalue weighted by atomic mass is 9.95. The molecule has 0 unspecified atom stereocenters. The fraction of sp³-hybridized carbons (Fsp3) is 0.784.